The maximum absolute atomic E-state index is 5.52. The summed E-state index contributed by atoms with van der Waals surface area (Å²) in [6.07, 6.45) is 9.19. The van der Waals surface area contributed by atoms with Gasteiger partial charge in [-0.15, -0.1) is 0 Å². The first kappa shape index (κ1) is 19.6. The number of hydrogen-bond donors (Lipinski definition) is 0. The Morgan fingerprint density at radius 2 is 1.75 bits per heavy atom. The zero-order valence-electron chi connectivity index (χ0n) is 16.9. The van der Waals surface area contributed by atoms with E-state index in [-0.39, 0.29) is 0 Å². The van der Waals surface area contributed by atoms with Gasteiger partial charge in [-0.05, 0) is 76.1 Å². The molecule has 0 amide bonds. The molecular formula is C23H33N3O2. The zero-order valence-corrected chi connectivity index (χ0v) is 16.9. The Labute approximate surface area is 168 Å². The van der Waals surface area contributed by atoms with Crippen LogP contribution in [0.4, 0.5) is 0 Å². The first-order chi connectivity index (χ1) is 13.9. The lowest BCUT2D eigenvalue weighted by atomic mass is 9.92. The van der Waals surface area contributed by atoms with Crippen LogP contribution < -0.4 is 0 Å². The average molecular weight is 384 g/mol. The standard InChI is InChI=1S/C23H33N3O2/c1-2-5-19(6-3-1)7-4-14-26-15-10-20(11-16-26)8-9-22-24-23(28-25-22)21-12-17-27-18-13-21/h1-3,5-6,20-21H,4,7-18H2. The maximum atomic E-state index is 5.52. The maximum Gasteiger partial charge on any atom is 0.229 e. The second-order valence-corrected chi connectivity index (χ2v) is 8.35. The van der Waals surface area contributed by atoms with Crippen molar-refractivity contribution < 1.29 is 9.26 Å². The Bertz CT molecular complexity index is 689. The fourth-order valence-corrected chi connectivity index (χ4v) is 4.46. The monoisotopic (exact) mass is 383 g/mol. The lowest BCUT2D eigenvalue weighted by molar-refractivity contribution is 0.0778. The third-order valence-corrected chi connectivity index (χ3v) is 6.32. The largest absolute Gasteiger partial charge is 0.381 e. The number of nitrogens with zero attached hydrogens (tertiary/aromatic N) is 3. The summed E-state index contributed by atoms with van der Waals surface area (Å²) < 4.78 is 10.9. The van der Waals surface area contributed by atoms with E-state index < -0.39 is 0 Å². The normalized spacial score (nSPS) is 19.9. The summed E-state index contributed by atoms with van der Waals surface area (Å²) in [5, 5.41) is 4.22. The van der Waals surface area contributed by atoms with Crippen LogP contribution in [0.25, 0.3) is 0 Å². The van der Waals surface area contributed by atoms with E-state index in [0.717, 1.165) is 50.1 Å². The Morgan fingerprint density at radius 3 is 2.54 bits per heavy atom. The number of piperidine rings is 1. The van der Waals surface area contributed by atoms with Crippen LogP contribution in [0.1, 0.15) is 61.7 Å². The van der Waals surface area contributed by atoms with Crippen LogP contribution in [0.3, 0.4) is 0 Å². The minimum Gasteiger partial charge on any atom is -0.381 e. The van der Waals surface area contributed by atoms with E-state index in [1.807, 2.05) is 0 Å². The van der Waals surface area contributed by atoms with E-state index in [1.54, 1.807) is 0 Å². The predicted octanol–water partition coefficient (Wildman–Crippen LogP) is 4.24. The molecule has 0 bridgehead atoms. The van der Waals surface area contributed by atoms with Crippen LogP contribution in [0.5, 0.6) is 0 Å². The highest BCUT2D eigenvalue weighted by molar-refractivity contribution is 5.14. The van der Waals surface area contributed by atoms with Gasteiger partial charge in [-0.25, -0.2) is 0 Å². The predicted molar refractivity (Wildman–Crippen MR) is 109 cm³/mol. The molecule has 2 saturated heterocycles. The van der Waals surface area contributed by atoms with Crippen molar-refractivity contribution in [2.45, 2.75) is 57.3 Å². The molecule has 0 unspecified atom stereocenters. The molecule has 0 aliphatic carbocycles. The number of likely N-dealkylation sites (tertiary alicyclic amines) is 1. The summed E-state index contributed by atoms with van der Waals surface area (Å²) in [4.78, 5) is 7.29. The molecule has 1 aromatic heterocycles. The second kappa shape index (κ2) is 10.2. The Kier molecular flexibility index (Phi) is 7.12. The lowest BCUT2D eigenvalue weighted by Gasteiger charge is -2.31. The fraction of sp³-hybridized carbons (Fsp3) is 0.652. The van der Waals surface area contributed by atoms with Gasteiger partial charge in [0.1, 0.15) is 0 Å². The third-order valence-electron chi connectivity index (χ3n) is 6.32. The molecule has 2 aliphatic heterocycles. The van der Waals surface area contributed by atoms with Gasteiger partial charge in [-0.2, -0.15) is 4.98 Å². The molecule has 0 radical (unpaired) electrons. The highest BCUT2D eigenvalue weighted by atomic mass is 16.5. The van der Waals surface area contributed by atoms with Crippen molar-refractivity contribution in [1.82, 2.24) is 15.0 Å². The van der Waals surface area contributed by atoms with E-state index >= 15 is 0 Å². The molecule has 28 heavy (non-hydrogen) atoms. The number of ether oxygens (including phenoxy) is 1. The van der Waals surface area contributed by atoms with Crippen LogP contribution in [-0.4, -0.2) is 47.9 Å². The fourth-order valence-electron chi connectivity index (χ4n) is 4.46. The summed E-state index contributed by atoms with van der Waals surface area (Å²) in [5.74, 6) is 2.92. The molecule has 0 saturated carbocycles. The molecule has 0 atom stereocenters. The molecular weight excluding hydrogens is 350 g/mol. The van der Waals surface area contributed by atoms with Gasteiger partial charge in [0, 0.05) is 25.6 Å². The van der Waals surface area contributed by atoms with Crippen LogP contribution in [0, 0.1) is 5.92 Å². The number of aryl methyl sites for hydroxylation is 2. The van der Waals surface area contributed by atoms with Gasteiger partial charge in [0.05, 0.1) is 0 Å². The Hall–Kier alpha value is -1.72. The van der Waals surface area contributed by atoms with Gasteiger partial charge in [0.25, 0.3) is 0 Å². The van der Waals surface area contributed by atoms with Gasteiger partial charge in [0.2, 0.25) is 5.89 Å². The average Bonchev–Trinajstić information content (AvgIpc) is 3.24. The first-order valence-electron chi connectivity index (χ1n) is 11.0. The lowest BCUT2D eigenvalue weighted by Crippen LogP contribution is -2.34. The van der Waals surface area contributed by atoms with E-state index in [4.69, 9.17) is 9.26 Å². The van der Waals surface area contributed by atoms with E-state index in [0.29, 0.717) is 5.92 Å². The third kappa shape index (κ3) is 5.65. The number of benzene rings is 1. The second-order valence-electron chi connectivity index (χ2n) is 8.35. The zero-order chi connectivity index (χ0) is 19.0. The highest BCUT2D eigenvalue weighted by Gasteiger charge is 2.23. The summed E-state index contributed by atoms with van der Waals surface area (Å²) in [6.45, 7) is 5.32. The van der Waals surface area contributed by atoms with Crippen molar-refractivity contribution in [3.8, 4) is 0 Å². The number of rotatable bonds is 8. The van der Waals surface area contributed by atoms with Gasteiger partial charge in [-0.1, -0.05) is 35.5 Å². The van der Waals surface area contributed by atoms with Gasteiger partial charge in [0.15, 0.2) is 5.82 Å². The van der Waals surface area contributed by atoms with Gasteiger partial charge >= 0.3 is 0 Å². The quantitative estimate of drug-likeness (QED) is 0.682. The summed E-state index contributed by atoms with van der Waals surface area (Å²) in [5.41, 5.74) is 1.46. The van der Waals surface area contributed by atoms with Crippen molar-refractivity contribution in [3.05, 3.63) is 47.6 Å². The van der Waals surface area contributed by atoms with E-state index in [9.17, 15) is 0 Å². The molecule has 2 fully saturated rings. The summed E-state index contributed by atoms with van der Waals surface area (Å²) in [6, 6.07) is 10.8. The van der Waals surface area contributed by atoms with Crippen LogP contribution in [0.2, 0.25) is 0 Å². The molecule has 152 valence electrons. The molecule has 2 aliphatic rings. The van der Waals surface area contributed by atoms with Crippen LogP contribution in [0.15, 0.2) is 34.9 Å². The van der Waals surface area contributed by atoms with E-state index in [2.05, 4.69) is 45.4 Å². The molecule has 2 aromatic rings. The molecule has 0 spiro atoms. The Balaban J connectivity index is 1.12. The van der Waals surface area contributed by atoms with Crippen LogP contribution >= 0.6 is 0 Å². The Morgan fingerprint density at radius 1 is 0.964 bits per heavy atom. The topological polar surface area (TPSA) is 51.4 Å². The van der Waals surface area contributed by atoms with E-state index in [1.165, 1.54) is 57.3 Å². The first-order valence-corrected chi connectivity index (χ1v) is 11.0. The number of hydrogen-bond acceptors (Lipinski definition) is 5. The van der Waals surface area contributed by atoms with Crippen molar-refractivity contribution in [1.29, 1.82) is 0 Å². The number of aromatic nitrogens is 2. The van der Waals surface area contributed by atoms with Crippen molar-refractivity contribution in [2.24, 2.45) is 5.92 Å². The molecule has 5 heteroatoms. The molecule has 0 N–H and O–H groups in total. The van der Waals surface area contributed by atoms with Crippen molar-refractivity contribution >= 4 is 0 Å². The van der Waals surface area contributed by atoms with Crippen molar-refractivity contribution in [2.75, 3.05) is 32.8 Å². The smallest absolute Gasteiger partial charge is 0.229 e. The highest BCUT2D eigenvalue weighted by Crippen LogP contribution is 2.26. The van der Waals surface area contributed by atoms with Gasteiger partial charge in [-0.3, -0.25) is 0 Å². The molecule has 5 nitrogen and oxygen atoms in total. The molecule has 1 aromatic carbocycles. The van der Waals surface area contributed by atoms with Gasteiger partial charge < -0.3 is 14.2 Å². The van der Waals surface area contributed by atoms with Crippen LogP contribution in [-0.2, 0) is 17.6 Å². The SMILES string of the molecule is c1ccc(CCCN2CCC(CCc3noc(C4CCOCC4)n3)CC2)cc1. The molecule has 3 heterocycles. The minimum absolute atomic E-state index is 0.397. The minimum atomic E-state index is 0.397. The molecule has 4 rings (SSSR count). The van der Waals surface area contributed by atoms with Crippen molar-refractivity contribution in [3.63, 3.8) is 0 Å². The summed E-state index contributed by atoms with van der Waals surface area (Å²) >= 11 is 0. The summed E-state index contributed by atoms with van der Waals surface area (Å²) in [7, 11) is 0.